The number of hydrogen-bond acceptors (Lipinski definition) is 3. The van der Waals surface area contributed by atoms with Gasteiger partial charge in [-0.25, -0.2) is 0 Å². The molecular weight excluding hydrogens is 284 g/mol. The maximum atomic E-state index is 5.97. The van der Waals surface area contributed by atoms with Crippen LogP contribution in [0.4, 0.5) is 0 Å². The molecule has 1 heterocycles. The van der Waals surface area contributed by atoms with E-state index in [1.807, 2.05) is 12.1 Å². The van der Waals surface area contributed by atoms with E-state index >= 15 is 0 Å². The molecule has 1 aromatic carbocycles. The molecule has 1 aliphatic rings. The molecule has 118 valence electrons. The first-order chi connectivity index (χ1) is 10.1. The number of nitrogens with zero attached hydrogens (tertiary/aromatic N) is 1. The Morgan fingerprint density at radius 1 is 1.38 bits per heavy atom. The van der Waals surface area contributed by atoms with Crippen molar-refractivity contribution in [2.45, 2.75) is 32.4 Å². The molecule has 3 atom stereocenters. The Bertz CT molecular complexity index is 421. The Morgan fingerprint density at radius 3 is 2.76 bits per heavy atom. The van der Waals surface area contributed by atoms with Crippen LogP contribution in [0.15, 0.2) is 24.3 Å². The monoisotopic (exact) mass is 310 g/mol. The lowest BCUT2D eigenvalue weighted by Gasteiger charge is -2.36. The van der Waals surface area contributed by atoms with Crippen molar-refractivity contribution in [1.82, 2.24) is 10.2 Å². The average molecular weight is 311 g/mol. The van der Waals surface area contributed by atoms with Crippen LogP contribution < -0.4 is 5.32 Å². The zero-order chi connectivity index (χ0) is 15.2. The first-order valence-electron chi connectivity index (χ1n) is 7.88. The molecule has 3 unspecified atom stereocenters. The molecule has 4 heteroatoms. The molecule has 0 amide bonds. The van der Waals surface area contributed by atoms with Crippen molar-refractivity contribution in [3.63, 3.8) is 0 Å². The summed E-state index contributed by atoms with van der Waals surface area (Å²) in [5.41, 5.74) is 1.30. The third-order valence-electron chi connectivity index (χ3n) is 4.48. The summed E-state index contributed by atoms with van der Waals surface area (Å²) in [7, 11) is 2.19. The zero-order valence-electron chi connectivity index (χ0n) is 13.3. The summed E-state index contributed by atoms with van der Waals surface area (Å²) in [5.74, 6) is 0.554. The molecule has 1 N–H and O–H groups in total. The van der Waals surface area contributed by atoms with Crippen molar-refractivity contribution < 1.29 is 4.74 Å². The lowest BCUT2D eigenvalue weighted by atomic mass is 9.94. The largest absolute Gasteiger partial charge is 0.381 e. The van der Waals surface area contributed by atoms with Gasteiger partial charge in [0.05, 0.1) is 6.61 Å². The van der Waals surface area contributed by atoms with Gasteiger partial charge < -0.3 is 10.1 Å². The van der Waals surface area contributed by atoms with Crippen molar-refractivity contribution in [1.29, 1.82) is 0 Å². The van der Waals surface area contributed by atoms with Crippen molar-refractivity contribution in [2.75, 3.05) is 33.4 Å². The Kier molecular flexibility index (Phi) is 6.49. The number of ether oxygens (including phenoxy) is 1. The lowest BCUT2D eigenvalue weighted by Crippen LogP contribution is -2.47. The van der Waals surface area contributed by atoms with Gasteiger partial charge >= 0.3 is 0 Å². The maximum Gasteiger partial charge on any atom is 0.0521 e. The quantitative estimate of drug-likeness (QED) is 0.872. The Hall–Kier alpha value is -0.610. The van der Waals surface area contributed by atoms with Crippen LogP contribution in [0.3, 0.4) is 0 Å². The summed E-state index contributed by atoms with van der Waals surface area (Å²) in [6.07, 6.45) is 1.11. The van der Waals surface area contributed by atoms with Crippen molar-refractivity contribution in [3.8, 4) is 0 Å². The van der Waals surface area contributed by atoms with Crippen LogP contribution in [-0.2, 0) is 4.74 Å². The topological polar surface area (TPSA) is 24.5 Å². The molecule has 1 aliphatic heterocycles. The minimum absolute atomic E-state index is 0.381. The average Bonchev–Trinajstić information content (AvgIpc) is 2.49. The van der Waals surface area contributed by atoms with E-state index in [0.717, 1.165) is 37.7 Å². The van der Waals surface area contributed by atoms with Crippen LogP contribution in [0.2, 0.25) is 5.02 Å². The fourth-order valence-electron chi connectivity index (χ4n) is 3.03. The molecule has 1 saturated heterocycles. The first kappa shape index (κ1) is 16.8. The van der Waals surface area contributed by atoms with Gasteiger partial charge in [-0.15, -0.1) is 0 Å². The van der Waals surface area contributed by atoms with E-state index < -0.39 is 0 Å². The predicted molar refractivity (Wildman–Crippen MR) is 88.9 cm³/mol. The number of rotatable bonds is 6. The summed E-state index contributed by atoms with van der Waals surface area (Å²) in [6.45, 7) is 8.22. The van der Waals surface area contributed by atoms with E-state index in [0.29, 0.717) is 18.0 Å². The fraction of sp³-hybridized carbons (Fsp3) is 0.647. The maximum absolute atomic E-state index is 5.97. The molecular formula is C17H27ClN2O. The third kappa shape index (κ3) is 4.68. The number of hydrogen-bond donors (Lipinski definition) is 1. The van der Waals surface area contributed by atoms with Gasteiger partial charge in [0.25, 0.3) is 0 Å². The summed E-state index contributed by atoms with van der Waals surface area (Å²) in [5, 5.41) is 4.40. The van der Waals surface area contributed by atoms with Gasteiger partial charge in [-0.05, 0) is 44.6 Å². The molecule has 21 heavy (non-hydrogen) atoms. The van der Waals surface area contributed by atoms with E-state index in [9.17, 15) is 0 Å². The van der Waals surface area contributed by atoms with Gasteiger partial charge in [-0.1, -0.05) is 30.7 Å². The molecule has 3 nitrogen and oxygen atoms in total. The smallest absolute Gasteiger partial charge is 0.0521 e. The van der Waals surface area contributed by atoms with Gasteiger partial charge in [0.2, 0.25) is 0 Å². The minimum atomic E-state index is 0.381. The van der Waals surface area contributed by atoms with Crippen LogP contribution >= 0.6 is 11.6 Å². The highest BCUT2D eigenvalue weighted by Gasteiger charge is 2.27. The Morgan fingerprint density at radius 2 is 2.10 bits per heavy atom. The second-order valence-corrected chi connectivity index (χ2v) is 6.39. The van der Waals surface area contributed by atoms with E-state index in [1.165, 1.54) is 5.56 Å². The fourth-order valence-corrected chi connectivity index (χ4v) is 3.16. The number of halogens is 1. The van der Waals surface area contributed by atoms with E-state index in [4.69, 9.17) is 16.3 Å². The van der Waals surface area contributed by atoms with Crippen molar-refractivity contribution in [2.24, 2.45) is 5.92 Å². The highest BCUT2D eigenvalue weighted by atomic mass is 35.5. The van der Waals surface area contributed by atoms with Crippen molar-refractivity contribution >= 4 is 11.6 Å². The van der Waals surface area contributed by atoms with Crippen LogP contribution in [0, 0.1) is 5.92 Å². The van der Waals surface area contributed by atoms with E-state index in [1.54, 1.807) is 0 Å². The number of benzene rings is 1. The van der Waals surface area contributed by atoms with E-state index in [-0.39, 0.29) is 0 Å². The van der Waals surface area contributed by atoms with Gasteiger partial charge in [-0.3, -0.25) is 4.90 Å². The third-order valence-corrected chi connectivity index (χ3v) is 4.73. The van der Waals surface area contributed by atoms with Crippen LogP contribution in [0.25, 0.3) is 0 Å². The molecule has 0 bridgehead atoms. The summed E-state index contributed by atoms with van der Waals surface area (Å²) >= 11 is 5.97. The highest BCUT2D eigenvalue weighted by Crippen LogP contribution is 2.24. The van der Waals surface area contributed by atoms with E-state index in [2.05, 4.69) is 43.2 Å². The molecule has 0 aliphatic carbocycles. The van der Waals surface area contributed by atoms with Crippen LogP contribution in [-0.4, -0.2) is 44.3 Å². The normalized spacial score (nSPS) is 24.2. The van der Waals surface area contributed by atoms with Gasteiger partial charge in [0, 0.05) is 36.2 Å². The lowest BCUT2D eigenvalue weighted by molar-refractivity contribution is 0.0158. The minimum Gasteiger partial charge on any atom is -0.381 e. The highest BCUT2D eigenvalue weighted by molar-refractivity contribution is 6.30. The molecule has 0 saturated carbocycles. The molecule has 1 fully saturated rings. The van der Waals surface area contributed by atoms with Crippen LogP contribution in [0.1, 0.15) is 31.9 Å². The summed E-state index contributed by atoms with van der Waals surface area (Å²) in [4.78, 5) is 2.41. The zero-order valence-corrected chi connectivity index (χ0v) is 14.1. The Balaban J connectivity index is 1.95. The predicted octanol–water partition coefficient (Wildman–Crippen LogP) is 3.35. The van der Waals surface area contributed by atoms with Gasteiger partial charge in [0.15, 0.2) is 0 Å². The second-order valence-electron chi connectivity index (χ2n) is 5.95. The Labute approximate surface area is 133 Å². The summed E-state index contributed by atoms with van der Waals surface area (Å²) in [6, 6.07) is 9.11. The second kappa shape index (κ2) is 8.14. The molecule has 2 rings (SSSR count). The number of nitrogens with one attached hydrogen (secondary N) is 1. The van der Waals surface area contributed by atoms with Gasteiger partial charge in [0.1, 0.15) is 0 Å². The summed E-state index contributed by atoms with van der Waals surface area (Å²) < 4.78 is 5.68. The van der Waals surface area contributed by atoms with Crippen LogP contribution in [0.5, 0.6) is 0 Å². The molecule has 0 radical (unpaired) electrons. The molecule has 0 spiro atoms. The standard InChI is InChI=1S/C17H27ClN2O/c1-4-19-17-9-10-21-12-15(17)11-20(3)13(2)14-5-7-16(18)8-6-14/h5-8,13,15,17,19H,4,9-12H2,1-3H3. The molecule has 0 aromatic heterocycles. The van der Waals surface area contributed by atoms with Crippen molar-refractivity contribution in [3.05, 3.63) is 34.9 Å². The van der Waals surface area contributed by atoms with Gasteiger partial charge in [-0.2, -0.15) is 0 Å². The first-order valence-corrected chi connectivity index (χ1v) is 8.26. The molecule has 1 aromatic rings. The SMILES string of the molecule is CCNC1CCOCC1CN(C)C(C)c1ccc(Cl)cc1.